The molecule has 21 aromatic rings. The van der Waals surface area contributed by atoms with E-state index >= 15 is 0 Å². The Hall–Kier alpha value is -14.8. The summed E-state index contributed by atoms with van der Waals surface area (Å²) in [4.78, 5) is 21.1. The van der Waals surface area contributed by atoms with Crippen LogP contribution in [0.1, 0.15) is 0 Å². The highest BCUT2D eigenvalue weighted by Crippen LogP contribution is 2.45. The summed E-state index contributed by atoms with van der Waals surface area (Å²) in [6.07, 6.45) is 0. The number of nitrogens with zero attached hydrogens (tertiary/aromatic N) is 4. The van der Waals surface area contributed by atoms with Crippen molar-refractivity contribution in [1.29, 1.82) is 0 Å². The van der Waals surface area contributed by atoms with Crippen LogP contribution in [0.15, 0.2) is 425 Å². The second kappa shape index (κ2) is 29.0. The molecule has 0 atom stereocenters. The monoisotopic (exact) mass is 1420 g/mol. The van der Waals surface area contributed by atoms with Gasteiger partial charge >= 0.3 is 0 Å². The van der Waals surface area contributed by atoms with E-state index in [4.69, 9.17) is 19.9 Å². The summed E-state index contributed by atoms with van der Waals surface area (Å²) >= 11 is 0. The van der Waals surface area contributed by atoms with Gasteiger partial charge < -0.3 is 0 Å². The van der Waals surface area contributed by atoms with Gasteiger partial charge in [-0.1, -0.05) is 382 Å². The van der Waals surface area contributed by atoms with E-state index in [0.29, 0.717) is 0 Å². The minimum atomic E-state index is 0.943. The van der Waals surface area contributed by atoms with Crippen LogP contribution >= 0.6 is 0 Å². The molecule has 4 nitrogen and oxygen atoms in total. The van der Waals surface area contributed by atoms with Gasteiger partial charge in [0.05, 0.1) is 44.8 Å². The van der Waals surface area contributed by atoms with E-state index in [9.17, 15) is 0 Å². The van der Waals surface area contributed by atoms with E-state index < -0.39 is 0 Å². The van der Waals surface area contributed by atoms with Gasteiger partial charge in [-0.05, 0) is 148 Å². The first-order valence-electron chi connectivity index (χ1n) is 38.2. The number of hydrogen-bond acceptors (Lipinski definition) is 4. The minimum absolute atomic E-state index is 0.943. The summed E-state index contributed by atoms with van der Waals surface area (Å²) in [5.74, 6) is 0. The zero-order valence-electron chi connectivity index (χ0n) is 61.2. The molecule has 0 bridgehead atoms. The van der Waals surface area contributed by atoms with Crippen LogP contribution in [0, 0.1) is 0 Å². The van der Waals surface area contributed by atoms with Crippen molar-refractivity contribution in [3.63, 3.8) is 0 Å². The Balaban J connectivity index is 0.000000146. The predicted octanol–water partition coefficient (Wildman–Crippen LogP) is 29.0. The number of rotatable bonds is 12. The van der Waals surface area contributed by atoms with E-state index in [0.717, 1.165) is 122 Å². The maximum absolute atomic E-state index is 5.47. The molecule has 0 radical (unpaired) electrons. The number of benzene rings is 17. The Morgan fingerprint density at radius 1 is 0.134 bits per heavy atom. The lowest BCUT2D eigenvalue weighted by Gasteiger charge is -2.16. The SMILES string of the molecule is c1ccc(-c2ccc(-c3cc(-c4ccc(-c5ccc6ccccc6n5)cc4)c4cc(-c5ccc(-c6ccccc6)cc5)c5ccccc5c4n3)cc2)cc1.c1ccc(-c2ccc(-c3cc(-c4ccc(-c5nc6ccccc6c6ccccc56)cc4)c4cc(-c5ccc(-c6ccccc6)cc5)c5ccccc5c4n3)cc2)cc1. The zero-order chi connectivity index (χ0) is 74.3. The molecule has 4 aromatic heterocycles. The van der Waals surface area contributed by atoms with E-state index in [2.05, 4.69) is 419 Å². The van der Waals surface area contributed by atoms with Crippen molar-refractivity contribution in [2.45, 2.75) is 0 Å². The molecule has 0 N–H and O–H groups in total. The standard InChI is InChI=1S/C56H36N2.C52H34N2/c1-3-13-37(14-4-1)39-23-27-41(28-24-39)50-35-52-51(42-29-33-44(34-30-42)55-48-20-9-7-17-45(48)47-19-11-12-22-53(47)57-55)36-54(58-56(52)49-21-10-8-18-46(49)50)43-31-25-40(26-32-43)38-15-5-2-6-16-38;1-3-11-35(12-4-1)37-19-23-39(24-20-37)46-33-48-47(40-25-29-42(30-26-40)50-32-31-41-15-7-10-18-49(41)53-50)34-51(54-52(48)45-17-9-8-16-44(45)46)43-27-21-38(22-28-43)36-13-5-2-6-14-36/h1-36H;1-34H. The first-order chi connectivity index (χ1) is 55.5. The number of fused-ring (bicyclic) bond motifs is 10. The molecule has 112 heavy (non-hydrogen) atoms. The van der Waals surface area contributed by atoms with Crippen molar-refractivity contribution >= 4 is 75.9 Å². The molecule has 4 heterocycles. The van der Waals surface area contributed by atoms with Crippen molar-refractivity contribution in [1.82, 2.24) is 19.9 Å². The summed E-state index contributed by atoms with van der Waals surface area (Å²) in [6.45, 7) is 0. The number of hydrogen-bond donors (Lipinski definition) is 0. The summed E-state index contributed by atoms with van der Waals surface area (Å²) in [5.41, 5.74) is 31.1. The van der Waals surface area contributed by atoms with E-state index in [1.54, 1.807) is 0 Å². The van der Waals surface area contributed by atoms with Crippen LogP contribution < -0.4 is 0 Å². The normalized spacial score (nSPS) is 11.4. The molecule has 0 aliphatic rings. The number of para-hydroxylation sites is 2. The molecule has 0 amide bonds. The molecule has 0 saturated carbocycles. The molecular weight excluding hydrogens is 1350 g/mol. The summed E-state index contributed by atoms with van der Waals surface area (Å²) < 4.78 is 0. The average molecular weight is 1420 g/mol. The number of aromatic nitrogens is 4. The third-order valence-electron chi connectivity index (χ3n) is 22.0. The van der Waals surface area contributed by atoms with Crippen LogP contribution in [0.25, 0.3) is 210 Å². The molecule has 0 saturated heterocycles. The highest BCUT2D eigenvalue weighted by molar-refractivity contribution is 6.18. The second-order valence-corrected chi connectivity index (χ2v) is 28.7. The van der Waals surface area contributed by atoms with Crippen LogP contribution in [0.3, 0.4) is 0 Å². The molecule has 0 fully saturated rings. The molecule has 4 heteroatoms. The van der Waals surface area contributed by atoms with Crippen molar-refractivity contribution in [2.75, 3.05) is 0 Å². The molecular formula is C108H70N4. The van der Waals surface area contributed by atoms with Gasteiger partial charge in [-0.3, -0.25) is 0 Å². The van der Waals surface area contributed by atoms with E-state index in [-0.39, 0.29) is 0 Å². The first kappa shape index (κ1) is 66.6. The fourth-order valence-electron chi connectivity index (χ4n) is 16.2. The Kier molecular flexibility index (Phi) is 17.3. The van der Waals surface area contributed by atoms with Crippen LogP contribution in [-0.4, -0.2) is 19.9 Å². The summed E-state index contributed by atoms with van der Waals surface area (Å²) in [5, 5.41) is 11.6. The summed E-state index contributed by atoms with van der Waals surface area (Å²) in [7, 11) is 0. The van der Waals surface area contributed by atoms with Crippen LogP contribution in [0.4, 0.5) is 0 Å². The Morgan fingerprint density at radius 2 is 0.420 bits per heavy atom. The van der Waals surface area contributed by atoms with Gasteiger partial charge in [0, 0.05) is 60.0 Å². The Bertz CT molecular complexity index is 7070. The Labute approximate surface area is 650 Å². The van der Waals surface area contributed by atoms with Crippen molar-refractivity contribution < 1.29 is 0 Å². The van der Waals surface area contributed by atoms with E-state index in [1.165, 1.54) is 88.3 Å². The van der Waals surface area contributed by atoms with Crippen molar-refractivity contribution in [2.24, 2.45) is 0 Å². The highest BCUT2D eigenvalue weighted by Gasteiger charge is 2.21. The second-order valence-electron chi connectivity index (χ2n) is 28.7. The van der Waals surface area contributed by atoms with Gasteiger partial charge in [0.2, 0.25) is 0 Å². The number of pyridine rings is 4. The van der Waals surface area contributed by atoms with Crippen LogP contribution in [-0.2, 0) is 0 Å². The van der Waals surface area contributed by atoms with Crippen molar-refractivity contribution in [3.05, 3.63) is 425 Å². The minimum Gasteiger partial charge on any atom is -0.248 e. The lowest BCUT2D eigenvalue weighted by Crippen LogP contribution is -1.94. The van der Waals surface area contributed by atoms with Gasteiger partial charge in [0.1, 0.15) is 0 Å². The fourth-order valence-corrected chi connectivity index (χ4v) is 16.2. The van der Waals surface area contributed by atoms with Gasteiger partial charge in [-0.15, -0.1) is 0 Å². The molecule has 522 valence electrons. The summed E-state index contributed by atoms with van der Waals surface area (Å²) in [6, 6.07) is 152. The lowest BCUT2D eigenvalue weighted by atomic mass is 9.90. The van der Waals surface area contributed by atoms with Gasteiger partial charge in [0.15, 0.2) is 0 Å². The lowest BCUT2D eigenvalue weighted by molar-refractivity contribution is 1.39. The van der Waals surface area contributed by atoms with Gasteiger partial charge in [0.25, 0.3) is 0 Å². The quantitative estimate of drug-likeness (QED) is 0.114. The maximum Gasteiger partial charge on any atom is 0.0794 e. The first-order valence-corrected chi connectivity index (χ1v) is 38.2. The fraction of sp³-hybridized carbons (Fsp3) is 0. The zero-order valence-corrected chi connectivity index (χ0v) is 61.2. The molecule has 0 unspecified atom stereocenters. The smallest absolute Gasteiger partial charge is 0.0794 e. The average Bonchev–Trinajstić information content (AvgIpc) is 0.742. The molecule has 17 aromatic carbocycles. The topological polar surface area (TPSA) is 51.6 Å². The van der Waals surface area contributed by atoms with Gasteiger partial charge in [-0.2, -0.15) is 0 Å². The third-order valence-corrected chi connectivity index (χ3v) is 22.0. The molecule has 0 aliphatic carbocycles. The highest BCUT2D eigenvalue weighted by atomic mass is 14.7. The third kappa shape index (κ3) is 12.8. The van der Waals surface area contributed by atoms with Crippen LogP contribution in [0.2, 0.25) is 0 Å². The predicted molar refractivity (Wildman–Crippen MR) is 472 cm³/mol. The molecule has 21 rings (SSSR count). The van der Waals surface area contributed by atoms with Gasteiger partial charge in [-0.25, -0.2) is 19.9 Å². The van der Waals surface area contributed by atoms with E-state index in [1.807, 2.05) is 6.07 Å². The molecule has 0 spiro atoms. The largest absolute Gasteiger partial charge is 0.248 e. The molecule has 0 aliphatic heterocycles. The van der Waals surface area contributed by atoms with Crippen molar-refractivity contribution in [3.8, 4) is 134 Å². The Morgan fingerprint density at radius 3 is 0.830 bits per heavy atom. The van der Waals surface area contributed by atoms with Crippen LogP contribution in [0.5, 0.6) is 0 Å². The maximum atomic E-state index is 5.47.